The van der Waals surface area contributed by atoms with Gasteiger partial charge in [0.15, 0.2) is 5.78 Å². The first-order valence-electron chi connectivity index (χ1n) is 7.41. The van der Waals surface area contributed by atoms with E-state index in [1.165, 1.54) is 13.3 Å². The predicted octanol–water partition coefficient (Wildman–Crippen LogP) is 2.83. The van der Waals surface area contributed by atoms with Gasteiger partial charge in [0.25, 0.3) is 0 Å². The molecule has 10 heteroatoms. The van der Waals surface area contributed by atoms with Crippen LogP contribution in [0.1, 0.15) is 21.8 Å². The molecule has 2 aromatic heterocycles. The van der Waals surface area contributed by atoms with Crippen LogP contribution >= 0.6 is 0 Å². The lowest BCUT2D eigenvalue weighted by molar-refractivity contribution is -0.159. The molecule has 0 aliphatic carbocycles. The summed E-state index contributed by atoms with van der Waals surface area (Å²) in [5, 5.41) is 7.44. The molecule has 0 unspecified atom stereocenters. The third kappa shape index (κ3) is 3.97. The van der Waals surface area contributed by atoms with Crippen molar-refractivity contribution in [1.82, 2.24) is 19.9 Å². The SMILES string of the molecule is COCC(=O)c1cnn(Cc2ccc(-c3noc(C(F)(F)F)n3)cc2)c1. The van der Waals surface area contributed by atoms with Gasteiger partial charge in [-0.2, -0.15) is 23.3 Å². The molecule has 0 bridgehead atoms. The van der Waals surface area contributed by atoms with E-state index in [-0.39, 0.29) is 18.2 Å². The molecule has 2 heterocycles. The molecule has 3 aromatic rings. The van der Waals surface area contributed by atoms with Gasteiger partial charge in [-0.25, -0.2) is 0 Å². The van der Waals surface area contributed by atoms with Gasteiger partial charge in [-0.1, -0.05) is 29.4 Å². The number of carbonyl (C=O) groups excluding carboxylic acids is 1. The number of benzene rings is 1. The highest BCUT2D eigenvalue weighted by molar-refractivity contribution is 5.96. The summed E-state index contributed by atoms with van der Waals surface area (Å²) < 4.78 is 48.1. The number of ketones is 1. The largest absolute Gasteiger partial charge is 0.471 e. The number of carbonyl (C=O) groups is 1. The topological polar surface area (TPSA) is 83.0 Å². The second-order valence-electron chi connectivity index (χ2n) is 5.40. The van der Waals surface area contributed by atoms with Crippen LogP contribution < -0.4 is 0 Å². The summed E-state index contributed by atoms with van der Waals surface area (Å²) in [7, 11) is 1.44. The summed E-state index contributed by atoms with van der Waals surface area (Å²) in [6.07, 6.45) is -1.62. The Kier molecular flexibility index (Phi) is 4.85. The average Bonchev–Trinajstić information content (AvgIpc) is 3.25. The van der Waals surface area contributed by atoms with Crippen molar-refractivity contribution in [2.24, 2.45) is 0 Å². The fourth-order valence-corrected chi connectivity index (χ4v) is 2.21. The summed E-state index contributed by atoms with van der Waals surface area (Å²) in [6, 6.07) is 6.58. The van der Waals surface area contributed by atoms with Gasteiger partial charge in [0.2, 0.25) is 5.82 Å². The van der Waals surface area contributed by atoms with E-state index in [0.29, 0.717) is 17.7 Å². The average molecular weight is 366 g/mol. The molecule has 0 radical (unpaired) electrons. The minimum Gasteiger partial charge on any atom is -0.377 e. The molecule has 0 fully saturated rings. The number of hydrogen-bond donors (Lipinski definition) is 0. The number of nitrogens with zero attached hydrogens (tertiary/aromatic N) is 4. The van der Waals surface area contributed by atoms with Gasteiger partial charge in [-0.15, -0.1) is 0 Å². The number of Topliss-reactive ketones (excluding diaryl/α,β-unsaturated/α-hetero) is 1. The summed E-state index contributed by atoms with van der Waals surface area (Å²) in [5.41, 5.74) is 1.67. The monoisotopic (exact) mass is 366 g/mol. The molecule has 7 nitrogen and oxygen atoms in total. The first kappa shape index (κ1) is 17.8. The van der Waals surface area contributed by atoms with E-state index in [1.807, 2.05) is 0 Å². The Labute approximate surface area is 145 Å². The van der Waals surface area contributed by atoms with Crippen LogP contribution in [0, 0.1) is 0 Å². The highest BCUT2D eigenvalue weighted by Gasteiger charge is 2.38. The van der Waals surface area contributed by atoms with Crippen molar-refractivity contribution in [3.63, 3.8) is 0 Å². The van der Waals surface area contributed by atoms with Crippen molar-refractivity contribution < 1.29 is 27.2 Å². The standard InChI is InChI=1S/C16H13F3N4O3/c1-25-9-13(24)12-6-20-23(8-12)7-10-2-4-11(5-3-10)14-21-15(26-22-14)16(17,18)19/h2-6,8H,7,9H2,1H3. The molecule has 0 spiro atoms. The van der Waals surface area contributed by atoms with Crippen molar-refractivity contribution in [2.75, 3.05) is 13.7 Å². The summed E-state index contributed by atoms with van der Waals surface area (Å²) in [6.45, 7) is 0.367. The lowest BCUT2D eigenvalue weighted by Gasteiger charge is -2.03. The molecule has 0 aliphatic rings. The molecule has 0 saturated carbocycles. The maximum atomic E-state index is 12.5. The summed E-state index contributed by atoms with van der Waals surface area (Å²) >= 11 is 0. The minimum absolute atomic E-state index is 0.0228. The summed E-state index contributed by atoms with van der Waals surface area (Å²) in [5.74, 6) is -1.71. The lowest BCUT2D eigenvalue weighted by atomic mass is 10.1. The van der Waals surface area contributed by atoms with E-state index >= 15 is 0 Å². The van der Waals surface area contributed by atoms with Crippen molar-refractivity contribution in [3.8, 4) is 11.4 Å². The molecule has 0 amide bonds. The van der Waals surface area contributed by atoms with Gasteiger partial charge in [-0.3, -0.25) is 9.48 Å². The molecule has 136 valence electrons. The van der Waals surface area contributed by atoms with Gasteiger partial charge < -0.3 is 9.26 Å². The molecular formula is C16H13F3N4O3. The maximum absolute atomic E-state index is 12.5. The van der Waals surface area contributed by atoms with Gasteiger partial charge in [0, 0.05) is 18.9 Å². The molecule has 1 aromatic carbocycles. The van der Waals surface area contributed by atoms with Crippen LogP contribution in [0.4, 0.5) is 13.2 Å². The van der Waals surface area contributed by atoms with E-state index in [2.05, 4.69) is 19.8 Å². The molecule has 0 aliphatic heterocycles. The summed E-state index contributed by atoms with van der Waals surface area (Å²) in [4.78, 5) is 15.0. The first-order chi connectivity index (χ1) is 12.4. The van der Waals surface area contributed by atoms with Crippen LogP contribution in [0.2, 0.25) is 0 Å². The molecule has 0 saturated heterocycles. The van der Waals surface area contributed by atoms with E-state index in [4.69, 9.17) is 4.74 Å². The fraction of sp³-hybridized carbons (Fsp3) is 0.250. The lowest BCUT2D eigenvalue weighted by Crippen LogP contribution is -2.06. The molecule has 0 atom stereocenters. The van der Waals surface area contributed by atoms with Crippen LogP contribution in [-0.2, 0) is 17.5 Å². The van der Waals surface area contributed by atoms with E-state index in [9.17, 15) is 18.0 Å². The Morgan fingerprint density at radius 1 is 1.27 bits per heavy atom. The second-order valence-corrected chi connectivity index (χ2v) is 5.40. The van der Waals surface area contributed by atoms with Crippen LogP contribution in [-0.4, -0.2) is 39.4 Å². The van der Waals surface area contributed by atoms with Crippen molar-refractivity contribution >= 4 is 5.78 Å². The van der Waals surface area contributed by atoms with E-state index in [0.717, 1.165) is 5.56 Å². The van der Waals surface area contributed by atoms with Gasteiger partial charge in [-0.05, 0) is 5.56 Å². The van der Waals surface area contributed by atoms with Crippen molar-refractivity contribution in [1.29, 1.82) is 0 Å². The number of hydrogen-bond acceptors (Lipinski definition) is 6. The highest BCUT2D eigenvalue weighted by Crippen LogP contribution is 2.29. The van der Waals surface area contributed by atoms with Crippen molar-refractivity contribution in [2.45, 2.75) is 12.7 Å². The number of halogens is 3. The maximum Gasteiger partial charge on any atom is 0.471 e. The Hall–Kier alpha value is -3.01. The highest BCUT2D eigenvalue weighted by atomic mass is 19.4. The number of aromatic nitrogens is 4. The molecule has 0 N–H and O–H groups in total. The molecule has 3 rings (SSSR count). The van der Waals surface area contributed by atoms with Gasteiger partial charge in [0.05, 0.1) is 18.3 Å². The number of rotatable bonds is 6. The third-order valence-corrected chi connectivity index (χ3v) is 3.46. The van der Waals surface area contributed by atoms with E-state index in [1.54, 1.807) is 35.1 Å². The van der Waals surface area contributed by atoms with Gasteiger partial charge in [0.1, 0.15) is 6.61 Å². The normalized spacial score (nSPS) is 11.7. The zero-order chi connectivity index (χ0) is 18.7. The van der Waals surface area contributed by atoms with Crippen molar-refractivity contribution in [3.05, 3.63) is 53.7 Å². The zero-order valence-corrected chi connectivity index (χ0v) is 13.5. The van der Waals surface area contributed by atoms with Crippen LogP contribution in [0.15, 0.2) is 41.2 Å². The Morgan fingerprint density at radius 3 is 2.62 bits per heavy atom. The Morgan fingerprint density at radius 2 is 2.00 bits per heavy atom. The quantitative estimate of drug-likeness (QED) is 0.624. The fourth-order valence-electron chi connectivity index (χ4n) is 2.21. The predicted molar refractivity (Wildman–Crippen MR) is 82.3 cm³/mol. The van der Waals surface area contributed by atoms with Crippen LogP contribution in [0.3, 0.4) is 0 Å². The molecule has 26 heavy (non-hydrogen) atoms. The smallest absolute Gasteiger partial charge is 0.377 e. The number of methoxy groups -OCH3 is 1. The minimum atomic E-state index is -4.68. The van der Waals surface area contributed by atoms with Crippen LogP contribution in [0.5, 0.6) is 0 Å². The Balaban J connectivity index is 1.70. The van der Waals surface area contributed by atoms with E-state index < -0.39 is 12.1 Å². The zero-order valence-electron chi connectivity index (χ0n) is 13.5. The first-order valence-corrected chi connectivity index (χ1v) is 7.41. The third-order valence-electron chi connectivity index (χ3n) is 3.46. The number of alkyl halides is 3. The Bertz CT molecular complexity index is 900. The molecular weight excluding hydrogens is 353 g/mol. The second kappa shape index (κ2) is 7.08. The van der Waals surface area contributed by atoms with Gasteiger partial charge >= 0.3 is 12.1 Å². The number of ether oxygens (including phenoxy) is 1. The van der Waals surface area contributed by atoms with Crippen LogP contribution in [0.25, 0.3) is 11.4 Å².